The zero-order valence-corrected chi connectivity index (χ0v) is 15.7. The highest BCUT2D eigenvalue weighted by molar-refractivity contribution is 6.30. The van der Waals surface area contributed by atoms with Crippen LogP contribution in [0, 0.1) is 11.8 Å². The summed E-state index contributed by atoms with van der Waals surface area (Å²) in [6.45, 7) is 0. The van der Waals surface area contributed by atoms with Crippen molar-refractivity contribution in [2.45, 2.75) is 37.3 Å². The molecule has 0 bridgehead atoms. The summed E-state index contributed by atoms with van der Waals surface area (Å²) in [5.41, 5.74) is -0.671. The molecule has 0 radical (unpaired) electrons. The molecule has 1 amide bonds. The smallest absolute Gasteiger partial charge is 0.354 e. The summed E-state index contributed by atoms with van der Waals surface area (Å²) in [5.74, 6) is 4.19. The average Bonchev–Trinajstić information content (AvgIpc) is 2.67. The Morgan fingerprint density at radius 2 is 1.96 bits per heavy atom. The molecule has 1 aliphatic rings. The van der Waals surface area contributed by atoms with Gasteiger partial charge in [-0.3, -0.25) is 4.79 Å². The maximum absolute atomic E-state index is 12.4. The number of pyridine rings is 1. The Hall–Kier alpha value is -2.88. The first-order chi connectivity index (χ1) is 13.3. The van der Waals surface area contributed by atoms with Crippen molar-refractivity contribution in [3.05, 3.63) is 64.4 Å². The Bertz CT molecular complexity index is 966. The number of carbonyl (C=O) groups is 2. The summed E-state index contributed by atoms with van der Waals surface area (Å²) in [6.07, 6.45) is 2.20. The molecule has 2 atom stereocenters. The number of hydrogen-bond donors (Lipinski definition) is 3. The van der Waals surface area contributed by atoms with Crippen molar-refractivity contribution in [3.8, 4) is 11.8 Å². The topological polar surface area (TPSA) is 99.5 Å². The van der Waals surface area contributed by atoms with Crippen molar-refractivity contribution in [2.75, 3.05) is 0 Å². The molecule has 144 valence electrons. The van der Waals surface area contributed by atoms with Gasteiger partial charge in [-0.25, -0.2) is 9.78 Å². The number of aliphatic hydroxyl groups is 1. The monoisotopic (exact) mass is 398 g/mol. The number of carbonyl (C=O) groups excluding carboxylic acids is 1. The van der Waals surface area contributed by atoms with Crippen LogP contribution in [0.25, 0.3) is 0 Å². The van der Waals surface area contributed by atoms with Crippen LogP contribution in [0.2, 0.25) is 5.02 Å². The molecule has 0 saturated heterocycles. The average molecular weight is 399 g/mol. The fourth-order valence-electron chi connectivity index (χ4n) is 3.18. The molecule has 1 fully saturated rings. The molecule has 1 aromatic carbocycles. The molecule has 1 heterocycles. The number of aromatic carboxylic acids is 1. The van der Waals surface area contributed by atoms with Crippen molar-refractivity contribution in [1.29, 1.82) is 0 Å². The number of benzene rings is 1. The standard InChI is InChI=1S/C21H19ClN2O4/c22-15-5-1-4-14(12-15)9-11-21(28)10-3-6-16(13-21)23-19(25)17-7-2-8-18(24-17)20(26)27/h1-2,4-5,7-8,12,16,28H,3,6,10,13H2,(H,23,25)(H,26,27)/t16-,21+/m0/s1. The summed E-state index contributed by atoms with van der Waals surface area (Å²) in [7, 11) is 0. The van der Waals surface area contributed by atoms with Crippen LogP contribution >= 0.6 is 11.6 Å². The fraction of sp³-hybridized carbons (Fsp3) is 0.286. The molecule has 2 aromatic rings. The van der Waals surface area contributed by atoms with Crippen LogP contribution in [0.15, 0.2) is 42.5 Å². The predicted octanol–water partition coefficient (Wildman–Crippen LogP) is 2.89. The maximum atomic E-state index is 12.4. The lowest BCUT2D eigenvalue weighted by Gasteiger charge is -2.33. The van der Waals surface area contributed by atoms with Crippen LogP contribution in [-0.4, -0.2) is 38.7 Å². The SMILES string of the molecule is O=C(O)c1cccc(C(=O)N[C@H]2CCC[C@@](O)(C#Cc3cccc(Cl)c3)C2)n1. The third kappa shape index (κ3) is 5.10. The van der Waals surface area contributed by atoms with E-state index in [2.05, 4.69) is 22.1 Å². The van der Waals surface area contributed by atoms with Crippen molar-refractivity contribution in [3.63, 3.8) is 0 Å². The van der Waals surface area contributed by atoms with Gasteiger partial charge in [0.1, 0.15) is 17.0 Å². The first-order valence-electron chi connectivity index (χ1n) is 8.87. The molecular formula is C21H19ClN2O4. The number of hydrogen-bond acceptors (Lipinski definition) is 4. The predicted molar refractivity (Wildman–Crippen MR) is 104 cm³/mol. The molecule has 3 rings (SSSR count). The molecule has 0 unspecified atom stereocenters. The van der Waals surface area contributed by atoms with E-state index in [1.807, 2.05) is 6.07 Å². The van der Waals surface area contributed by atoms with Gasteiger partial charge in [-0.2, -0.15) is 0 Å². The van der Waals surface area contributed by atoms with E-state index in [1.165, 1.54) is 18.2 Å². The van der Waals surface area contributed by atoms with Gasteiger partial charge in [0.25, 0.3) is 5.91 Å². The normalized spacial score (nSPS) is 21.3. The second kappa shape index (κ2) is 8.42. The number of rotatable bonds is 3. The molecule has 3 N–H and O–H groups in total. The maximum Gasteiger partial charge on any atom is 0.354 e. The summed E-state index contributed by atoms with van der Waals surface area (Å²) in [5, 5.41) is 23.2. The third-order valence-electron chi connectivity index (χ3n) is 4.53. The lowest BCUT2D eigenvalue weighted by molar-refractivity contribution is 0.0451. The molecule has 7 heteroatoms. The minimum Gasteiger partial charge on any atom is -0.477 e. The van der Waals surface area contributed by atoms with Crippen molar-refractivity contribution in [2.24, 2.45) is 0 Å². The third-order valence-corrected chi connectivity index (χ3v) is 4.76. The molecule has 1 aromatic heterocycles. The van der Waals surface area contributed by atoms with Gasteiger partial charge in [-0.1, -0.05) is 35.6 Å². The fourth-order valence-corrected chi connectivity index (χ4v) is 3.37. The molecule has 1 saturated carbocycles. The first-order valence-corrected chi connectivity index (χ1v) is 9.25. The van der Waals surface area contributed by atoms with Crippen LogP contribution in [0.5, 0.6) is 0 Å². The zero-order valence-electron chi connectivity index (χ0n) is 15.0. The van der Waals surface area contributed by atoms with Gasteiger partial charge >= 0.3 is 5.97 Å². The van der Waals surface area contributed by atoms with E-state index in [9.17, 15) is 14.7 Å². The largest absolute Gasteiger partial charge is 0.477 e. The van der Waals surface area contributed by atoms with Gasteiger partial charge in [-0.05, 0) is 49.6 Å². The lowest BCUT2D eigenvalue weighted by atomic mass is 9.82. The lowest BCUT2D eigenvalue weighted by Crippen LogP contribution is -2.45. The minimum atomic E-state index is -1.21. The van der Waals surface area contributed by atoms with Crippen LogP contribution in [0.3, 0.4) is 0 Å². The highest BCUT2D eigenvalue weighted by atomic mass is 35.5. The number of carboxylic acid groups (broad SMARTS) is 1. The van der Waals surface area contributed by atoms with Gasteiger partial charge in [0.2, 0.25) is 0 Å². The summed E-state index contributed by atoms with van der Waals surface area (Å²) in [4.78, 5) is 27.3. The molecular weight excluding hydrogens is 380 g/mol. The van der Waals surface area contributed by atoms with E-state index in [1.54, 1.807) is 18.2 Å². The molecule has 28 heavy (non-hydrogen) atoms. The summed E-state index contributed by atoms with van der Waals surface area (Å²) >= 11 is 5.95. The van der Waals surface area contributed by atoms with Crippen molar-refractivity contribution < 1.29 is 19.8 Å². The highest BCUT2D eigenvalue weighted by Gasteiger charge is 2.33. The van der Waals surface area contributed by atoms with E-state index >= 15 is 0 Å². The van der Waals surface area contributed by atoms with Crippen molar-refractivity contribution >= 4 is 23.5 Å². The van der Waals surface area contributed by atoms with Crippen LogP contribution in [0.1, 0.15) is 52.2 Å². The number of aromatic nitrogens is 1. The van der Waals surface area contributed by atoms with Gasteiger partial charge in [0, 0.05) is 23.0 Å². The highest BCUT2D eigenvalue weighted by Crippen LogP contribution is 2.28. The van der Waals surface area contributed by atoms with E-state index in [0.29, 0.717) is 29.8 Å². The number of nitrogens with zero attached hydrogens (tertiary/aromatic N) is 1. The number of nitrogens with one attached hydrogen (secondary N) is 1. The number of carboxylic acids is 1. The van der Waals surface area contributed by atoms with E-state index in [0.717, 1.165) is 0 Å². The molecule has 0 aliphatic heterocycles. The van der Waals surface area contributed by atoms with Gasteiger partial charge < -0.3 is 15.5 Å². The molecule has 6 nitrogen and oxygen atoms in total. The van der Waals surface area contributed by atoms with E-state index in [-0.39, 0.29) is 23.9 Å². The summed E-state index contributed by atoms with van der Waals surface area (Å²) in [6, 6.07) is 11.0. The van der Waals surface area contributed by atoms with Crippen LogP contribution in [-0.2, 0) is 0 Å². The number of amides is 1. The second-order valence-electron chi connectivity index (χ2n) is 6.77. The Labute approximate surface area is 167 Å². The first kappa shape index (κ1) is 19.9. The van der Waals surface area contributed by atoms with Gasteiger partial charge in [0.05, 0.1) is 0 Å². The number of halogens is 1. The quantitative estimate of drug-likeness (QED) is 0.690. The Kier molecular flexibility index (Phi) is 5.98. The van der Waals surface area contributed by atoms with Crippen LogP contribution < -0.4 is 5.32 Å². The van der Waals surface area contributed by atoms with Gasteiger partial charge in [-0.15, -0.1) is 0 Å². The minimum absolute atomic E-state index is 0.0269. The van der Waals surface area contributed by atoms with E-state index < -0.39 is 17.5 Å². The van der Waals surface area contributed by atoms with Crippen molar-refractivity contribution in [1.82, 2.24) is 10.3 Å². The van der Waals surface area contributed by atoms with E-state index in [4.69, 9.17) is 16.7 Å². The Morgan fingerprint density at radius 1 is 1.21 bits per heavy atom. The Balaban J connectivity index is 1.68. The second-order valence-corrected chi connectivity index (χ2v) is 7.21. The zero-order chi connectivity index (χ0) is 20.1. The van der Waals surface area contributed by atoms with Gasteiger partial charge in [0.15, 0.2) is 0 Å². The Morgan fingerprint density at radius 3 is 2.71 bits per heavy atom. The molecule has 1 aliphatic carbocycles. The summed E-state index contributed by atoms with van der Waals surface area (Å²) < 4.78 is 0. The molecule has 0 spiro atoms. The van der Waals surface area contributed by atoms with Crippen LogP contribution in [0.4, 0.5) is 0 Å².